The second-order valence-electron chi connectivity index (χ2n) is 5.15. The largest absolute Gasteiger partial charge is 0.496 e. The summed E-state index contributed by atoms with van der Waals surface area (Å²) in [6.45, 7) is 1.49. The van der Waals surface area contributed by atoms with E-state index in [1.165, 1.54) is 0 Å². The van der Waals surface area contributed by atoms with E-state index in [1.807, 2.05) is 23.1 Å². The van der Waals surface area contributed by atoms with Gasteiger partial charge in [-0.3, -0.25) is 4.79 Å². The highest BCUT2D eigenvalue weighted by molar-refractivity contribution is 9.10. The van der Waals surface area contributed by atoms with Crippen LogP contribution < -0.4 is 4.74 Å². The molecule has 2 aliphatic heterocycles. The quantitative estimate of drug-likeness (QED) is 0.817. The Balaban J connectivity index is 1.80. The number of benzene rings is 1. The van der Waals surface area contributed by atoms with E-state index >= 15 is 0 Å². The van der Waals surface area contributed by atoms with Crippen molar-refractivity contribution in [1.29, 1.82) is 0 Å². The lowest BCUT2D eigenvalue weighted by molar-refractivity contribution is -0.141. The fourth-order valence-corrected chi connectivity index (χ4v) is 4.58. The maximum atomic E-state index is 12.6. The molecule has 114 valence electrons. The minimum atomic E-state index is -0.243. The average Bonchev–Trinajstić information content (AvgIpc) is 3.17. The van der Waals surface area contributed by atoms with Crippen molar-refractivity contribution in [1.82, 2.24) is 4.90 Å². The Hall–Kier alpha value is -0.720. The predicted octanol–water partition coefficient (Wildman–Crippen LogP) is 3.21. The van der Waals surface area contributed by atoms with Crippen LogP contribution in [0.2, 0.25) is 0 Å². The van der Waals surface area contributed by atoms with Crippen LogP contribution in [-0.4, -0.2) is 42.9 Å². The van der Waals surface area contributed by atoms with Gasteiger partial charge in [0.1, 0.15) is 17.2 Å². The molecule has 21 heavy (non-hydrogen) atoms. The molecule has 0 saturated carbocycles. The van der Waals surface area contributed by atoms with E-state index in [0.29, 0.717) is 6.61 Å². The van der Waals surface area contributed by atoms with Gasteiger partial charge in [0.2, 0.25) is 0 Å². The molecule has 2 saturated heterocycles. The first-order valence-electron chi connectivity index (χ1n) is 7.08. The molecule has 2 atom stereocenters. The molecule has 0 aliphatic carbocycles. The van der Waals surface area contributed by atoms with Crippen LogP contribution in [0.25, 0.3) is 0 Å². The smallest absolute Gasteiger partial charge is 0.252 e. The fourth-order valence-electron chi connectivity index (χ4n) is 2.77. The Bertz CT molecular complexity index is 534. The SMILES string of the molecule is COc1ccc(C2SCCN2C(=O)C2CCCO2)cc1Br. The fraction of sp³-hybridized carbons (Fsp3) is 0.533. The lowest BCUT2D eigenvalue weighted by Crippen LogP contribution is -2.38. The Kier molecular flexibility index (Phi) is 4.76. The van der Waals surface area contributed by atoms with E-state index in [1.54, 1.807) is 18.9 Å². The third-order valence-electron chi connectivity index (χ3n) is 3.84. The Morgan fingerprint density at radius 3 is 3.05 bits per heavy atom. The predicted molar refractivity (Wildman–Crippen MR) is 86.6 cm³/mol. The molecular weight excluding hydrogens is 354 g/mol. The second-order valence-corrected chi connectivity index (χ2v) is 7.19. The zero-order chi connectivity index (χ0) is 14.8. The summed E-state index contributed by atoms with van der Waals surface area (Å²) in [5.74, 6) is 1.90. The zero-order valence-electron chi connectivity index (χ0n) is 11.9. The second kappa shape index (κ2) is 6.58. The van der Waals surface area contributed by atoms with Crippen LogP contribution in [0.15, 0.2) is 22.7 Å². The lowest BCUT2D eigenvalue weighted by Gasteiger charge is -2.26. The molecule has 4 nitrogen and oxygen atoms in total. The van der Waals surface area contributed by atoms with Crippen molar-refractivity contribution in [2.45, 2.75) is 24.3 Å². The molecule has 2 aliphatic rings. The third-order valence-corrected chi connectivity index (χ3v) is 5.72. The molecule has 0 spiro atoms. The van der Waals surface area contributed by atoms with Gasteiger partial charge < -0.3 is 14.4 Å². The van der Waals surface area contributed by atoms with Crippen molar-refractivity contribution in [3.63, 3.8) is 0 Å². The van der Waals surface area contributed by atoms with Crippen LogP contribution in [0.3, 0.4) is 0 Å². The summed E-state index contributed by atoms with van der Waals surface area (Å²) in [4.78, 5) is 14.5. The van der Waals surface area contributed by atoms with Gasteiger partial charge in [-0.1, -0.05) is 6.07 Å². The third kappa shape index (κ3) is 3.07. The van der Waals surface area contributed by atoms with Crippen LogP contribution in [0.4, 0.5) is 0 Å². The summed E-state index contributed by atoms with van der Waals surface area (Å²) in [5, 5.41) is 0.0731. The molecule has 1 amide bonds. The number of amides is 1. The van der Waals surface area contributed by atoms with Gasteiger partial charge in [0.05, 0.1) is 11.6 Å². The van der Waals surface area contributed by atoms with Crippen molar-refractivity contribution in [3.05, 3.63) is 28.2 Å². The number of rotatable bonds is 3. The van der Waals surface area contributed by atoms with Crippen LogP contribution in [-0.2, 0) is 9.53 Å². The molecule has 0 N–H and O–H groups in total. The average molecular weight is 372 g/mol. The topological polar surface area (TPSA) is 38.8 Å². The molecule has 2 heterocycles. The highest BCUT2D eigenvalue weighted by atomic mass is 79.9. The van der Waals surface area contributed by atoms with E-state index in [0.717, 1.165) is 40.9 Å². The number of hydrogen-bond acceptors (Lipinski definition) is 4. The maximum Gasteiger partial charge on any atom is 0.252 e. The maximum absolute atomic E-state index is 12.6. The first-order chi connectivity index (χ1) is 10.2. The summed E-state index contributed by atoms with van der Waals surface area (Å²) in [6.07, 6.45) is 1.59. The molecule has 0 aromatic heterocycles. The summed E-state index contributed by atoms with van der Waals surface area (Å²) in [5.41, 5.74) is 1.12. The number of carbonyl (C=O) groups is 1. The number of carbonyl (C=O) groups excluding carboxylic acids is 1. The number of thioether (sulfide) groups is 1. The molecule has 0 bridgehead atoms. The molecule has 1 aromatic carbocycles. The van der Waals surface area contributed by atoms with Crippen LogP contribution in [0, 0.1) is 0 Å². The van der Waals surface area contributed by atoms with Crippen molar-refractivity contribution >= 4 is 33.6 Å². The first kappa shape index (κ1) is 15.2. The van der Waals surface area contributed by atoms with Crippen LogP contribution in [0.5, 0.6) is 5.75 Å². The van der Waals surface area contributed by atoms with Gasteiger partial charge in [0.15, 0.2) is 0 Å². The Morgan fingerprint density at radius 1 is 1.52 bits per heavy atom. The molecule has 2 fully saturated rings. The number of methoxy groups -OCH3 is 1. The summed E-state index contributed by atoms with van der Waals surface area (Å²) in [7, 11) is 1.65. The molecule has 0 radical (unpaired) electrons. The van der Waals surface area contributed by atoms with Crippen molar-refractivity contribution in [2.75, 3.05) is 26.0 Å². The van der Waals surface area contributed by atoms with Gasteiger partial charge in [-0.2, -0.15) is 0 Å². The molecule has 2 unspecified atom stereocenters. The minimum absolute atomic E-state index is 0.0731. The van der Waals surface area contributed by atoms with E-state index in [2.05, 4.69) is 15.9 Å². The zero-order valence-corrected chi connectivity index (χ0v) is 14.3. The Morgan fingerprint density at radius 2 is 2.38 bits per heavy atom. The van der Waals surface area contributed by atoms with Gasteiger partial charge in [0.25, 0.3) is 5.91 Å². The number of hydrogen-bond donors (Lipinski definition) is 0. The standard InChI is InChI=1S/C15H18BrNO3S/c1-19-12-5-4-10(9-11(12)16)15-17(6-8-21-15)14(18)13-3-2-7-20-13/h4-5,9,13,15H,2-3,6-8H2,1H3. The van der Waals surface area contributed by atoms with Gasteiger partial charge in [-0.25, -0.2) is 0 Å². The van der Waals surface area contributed by atoms with Gasteiger partial charge in [-0.15, -0.1) is 11.8 Å². The number of nitrogens with zero attached hydrogens (tertiary/aromatic N) is 1. The minimum Gasteiger partial charge on any atom is -0.496 e. The molecule has 3 rings (SSSR count). The monoisotopic (exact) mass is 371 g/mol. The van der Waals surface area contributed by atoms with E-state index in [9.17, 15) is 4.79 Å². The highest BCUT2D eigenvalue weighted by Crippen LogP contribution is 2.41. The van der Waals surface area contributed by atoms with Crippen LogP contribution >= 0.6 is 27.7 Å². The van der Waals surface area contributed by atoms with Gasteiger partial charge >= 0.3 is 0 Å². The summed E-state index contributed by atoms with van der Waals surface area (Å²) in [6, 6.07) is 6.01. The normalized spacial score (nSPS) is 25.3. The lowest BCUT2D eigenvalue weighted by atomic mass is 10.1. The Labute approximate surface area is 137 Å². The van der Waals surface area contributed by atoms with Gasteiger partial charge in [0, 0.05) is 18.9 Å². The van der Waals surface area contributed by atoms with Crippen molar-refractivity contribution in [3.8, 4) is 5.75 Å². The molecular formula is C15H18BrNO3S. The highest BCUT2D eigenvalue weighted by Gasteiger charge is 2.36. The molecule has 6 heteroatoms. The van der Waals surface area contributed by atoms with Crippen LogP contribution in [0.1, 0.15) is 23.8 Å². The van der Waals surface area contributed by atoms with E-state index in [4.69, 9.17) is 9.47 Å². The summed E-state index contributed by atoms with van der Waals surface area (Å²) >= 11 is 5.32. The molecule has 1 aromatic rings. The van der Waals surface area contributed by atoms with Gasteiger partial charge in [-0.05, 0) is 46.5 Å². The van der Waals surface area contributed by atoms with E-state index < -0.39 is 0 Å². The number of halogens is 1. The summed E-state index contributed by atoms with van der Waals surface area (Å²) < 4.78 is 11.7. The van der Waals surface area contributed by atoms with E-state index in [-0.39, 0.29) is 17.4 Å². The van der Waals surface area contributed by atoms with Crippen molar-refractivity contribution < 1.29 is 14.3 Å². The number of ether oxygens (including phenoxy) is 2. The van der Waals surface area contributed by atoms with Crippen molar-refractivity contribution in [2.24, 2.45) is 0 Å². The first-order valence-corrected chi connectivity index (χ1v) is 8.92.